The summed E-state index contributed by atoms with van der Waals surface area (Å²) < 4.78 is 0.719. The van der Waals surface area contributed by atoms with Crippen LogP contribution in [-0.4, -0.2) is 4.62 Å². The topological polar surface area (TPSA) is 49.9 Å². The van der Waals surface area contributed by atoms with E-state index in [-0.39, 0.29) is 4.62 Å². The first-order chi connectivity index (χ1) is 3.13. The van der Waals surface area contributed by atoms with Gasteiger partial charge in [-0.25, -0.2) is 0 Å². The number of nitrogens with two attached hydrogens (primary N) is 1. The zero-order valence-corrected chi connectivity index (χ0v) is 6.58. The number of hydrogen-bond acceptors (Lipinski definition) is 2. The summed E-state index contributed by atoms with van der Waals surface area (Å²) in [6.07, 6.45) is 1.44. The highest BCUT2D eigenvalue weighted by atomic mass is 79.9. The average Bonchev–Trinajstić information content (AvgIpc) is 1.27. The second-order valence-electron chi connectivity index (χ2n) is 0.877. The Bertz CT molecular complexity index is 104. The first-order valence-electron chi connectivity index (χ1n) is 1.49. The van der Waals surface area contributed by atoms with E-state index in [2.05, 4.69) is 31.9 Å². The summed E-state index contributed by atoms with van der Waals surface area (Å²) in [5, 5.41) is 6.76. The van der Waals surface area contributed by atoms with Crippen LogP contribution in [0.25, 0.3) is 0 Å². The van der Waals surface area contributed by atoms with Crippen LogP contribution in [0.1, 0.15) is 0 Å². The minimum atomic E-state index is 0.266. The summed E-state index contributed by atoms with van der Waals surface area (Å²) in [4.78, 5) is 0. The molecule has 0 atom stereocenters. The molecular formula is C3H4Br2N2. The van der Waals surface area contributed by atoms with Gasteiger partial charge in [-0.15, -0.1) is 0 Å². The number of nitrogens with one attached hydrogen (secondary N) is 1. The predicted octanol–water partition coefficient (Wildman–Crippen LogP) is 1.55. The van der Waals surface area contributed by atoms with Crippen LogP contribution in [0.2, 0.25) is 0 Å². The quantitative estimate of drug-likeness (QED) is 0.519. The maximum Gasteiger partial charge on any atom is 0.0992 e. The van der Waals surface area contributed by atoms with Gasteiger partial charge in [0.2, 0.25) is 0 Å². The Morgan fingerprint density at radius 2 is 2.00 bits per heavy atom. The highest BCUT2D eigenvalue weighted by Gasteiger charge is 1.80. The Hall–Kier alpha value is 0.170. The molecule has 0 fully saturated rings. The van der Waals surface area contributed by atoms with E-state index in [1.807, 2.05) is 0 Å². The summed E-state index contributed by atoms with van der Waals surface area (Å²) in [5.74, 6) is 0. The second-order valence-corrected chi connectivity index (χ2v) is 2.65. The fraction of sp³-hybridized carbons (Fsp3) is 0. The van der Waals surface area contributed by atoms with Gasteiger partial charge in [-0.05, 0) is 31.9 Å². The summed E-state index contributed by atoms with van der Waals surface area (Å²) in [7, 11) is 0. The Morgan fingerprint density at radius 3 is 2.00 bits per heavy atom. The molecule has 0 saturated carbocycles. The molecule has 0 heterocycles. The molecule has 0 aromatic rings. The van der Waals surface area contributed by atoms with Crippen molar-refractivity contribution in [3.63, 3.8) is 0 Å². The summed E-state index contributed by atoms with van der Waals surface area (Å²) >= 11 is 5.81. The lowest BCUT2D eigenvalue weighted by Gasteiger charge is -1.80. The standard InChI is InChI=1S/C3H4Br2N2/c4-2(6)1-3(5)7/h1,6H,7H2/b3-1+,6-2?. The van der Waals surface area contributed by atoms with Crippen molar-refractivity contribution in [1.82, 2.24) is 0 Å². The third kappa shape index (κ3) is 6.17. The lowest BCUT2D eigenvalue weighted by molar-refractivity contribution is 1.54. The van der Waals surface area contributed by atoms with Gasteiger partial charge in [0.1, 0.15) is 0 Å². The largest absolute Gasteiger partial charge is 0.393 e. The van der Waals surface area contributed by atoms with Gasteiger partial charge in [-0.1, -0.05) is 0 Å². The lowest BCUT2D eigenvalue weighted by atomic mass is 10.7. The van der Waals surface area contributed by atoms with Crippen LogP contribution in [0.3, 0.4) is 0 Å². The molecule has 0 aromatic carbocycles. The van der Waals surface area contributed by atoms with Crippen LogP contribution in [0.4, 0.5) is 0 Å². The Labute approximate surface area is 58.5 Å². The molecule has 0 aliphatic heterocycles. The van der Waals surface area contributed by atoms with Crippen LogP contribution in [-0.2, 0) is 0 Å². The van der Waals surface area contributed by atoms with Crippen LogP contribution < -0.4 is 5.73 Å². The van der Waals surface area contributed by atoms with Gasteiger partial charge in [0.15, 0.2) is 0 Å². The zero-order valence-electron chi connectivity index (χ0n) is 3.41. The third-order valence-electron chi connectivity index (χ3n) is 0.265. The molecule has 0 bridgehead atoms. The molecule has 0 rings (SSSR count). The van der Waals surface area contributed by atoms with Crippen molar-refractivity contribution >= 4 is 36.5 Å². The van der Waals surface area contributed by atoms with E-state index in [1.165, 1.54) is 6.08 Å². The molecule has 3 N–H and O–H groups in total. The number of halogens is 2. The van der Waals surface area contributed by atoms with Crippen LogP contribution in [0, 0.1) is 5.41 Å². The van der Waals surface area contributed by atoms with Gasteiger partial charge in [0, 0.05) is 6.08 Å². The van der Waals surface area contributed by atoms with E-state index < -0.39 is 0 Å². The fourth-order valence-corrected chi connectivity index (χ4v) is 0.904. The van der Waals surface area contributed by atoms with Crippen molar-refractivity contribution in [2.24, 2.45) is 5.73 Å². The molecule has 40 valence electrons. The Kier molecular flexibility index (Phi) is 3.29. The molecule has 0 radical (unpaired) electrons. The van der Waals surface area contributed by atoms with Crippen LogP contribution >= 0.6 is 31.9 Å². The van der Waals surface area contributed by atoms with E-state index in [1.54, 1.807) is 0 Å². The molecule has 0 saturated heterocycles. The molecule has 7 heavy (non-hydrogen) atoms. The molecular weight excluding hydrogens is 224 g/mol. The van der Waals surface area contributed by atoms with Crippen LogP contribution in [0.15, 0.2) is 10.7 Å². The van der Waals surface area contributed by atoms with Crippen molar-refractivity contribution in [1.29, 1.82) is 5.41 Å². The average molecular weight is 228 g/mol. The van der Waals surface area contributed by atoms with E-state index in [0.717, 1.165) is 0 Å². The summed E-state index contributed by atoms with van der Waals surface area (Å²) in [5.41, 5.74) is 5.10. The Balaban J connectivity index is 3.68. The van der Waals surface area contributed by atoms with Gasteiger partial charge in [0.05, 0.1) is 9.23 Å². The minimum Gasteiger partial charge on any atom is -0.393 e. The van der Waals surface area contributed by atoms with E-state index >= 15 is 0 Å². The van der Waals surface area contributed by atoms with Gasteiger partial charge in [-0.3, -0.25) is 5.41 Å². The number of rotatable bonds is 1. The molecule has 0 aromatic heterocycles. The molecule has 2 nitrogen and oxygen atoms in total. The normalized spacial score (nSPS) is 11.4. The van der Waals surface area contributed by atoms with Gasteiger partial charge in [0.25, 0.3) is 0 Å². The molecule has 0 aliphatic carbocycles. The first kappa shape index (κ1) is 7.17. The first-order valence-corrected chi connectivity index (χ1v) is 3.08. The highest BCUT2D eigenvalue weighted by molar-refractivity contribution is 9.18. The molecule has 0 spiro atoms. The van der Waals surface area contributed by atoms with E-state index in [4.69, 9.17) is 11.1 Å². The number of allylic oxidation sites excluding steroid dienone is 1. The van der Waals surface area contributed by atoms with Crippen LogP contribution in [0.5, 0.6) is 0 Å². The maximum absolute atomic E-state index is 6.76. The molecule has 0 amide bonds. The van der Waals surface area contributed by atoms with Crippen molar-refractivity contribution in [2.75, 3.05) is 0 Å². The third-order valence-corrected chi connectivity index (χ3v) is 0.722. The monoisotopic (exact) mass is 226 g/mol. The van der Waals surface area contributed by atoms with Crippen molar-refractivity contribution in [3.8, 4) is 0 Å². The maximum atomic E-state index is 6.76. The summed E-state index contributed by atoms with van der Waals surface area (Å²) in [6.45, 7) is 0. The second kappa shape index (κ2) is 3.21. The SMILES string of the molecule is N=C(Br)/C=C(/N)Br. The zero-order chi connectivity index (χ0) is 5.86. The Morgan fingerprint density at radius 1 is 1.57 bits per heavy atom. The van der Waals surface area contributed by atoms with Crippen molar-refractivity contribution in [2.45, 2.75) is 0 Å². The fourth-order valence-electron chi connectivity index (χ4n) is 0.121. The molecule has 0 aliphatic rings. The molecule has 0 unspecified atom stereocenters. The van der Waals surface area contributed by atoms with Gasteiger partial charge in [-0.2, -0.15) is 0 Å². The van der Waals surface area contributed by atoms with Gasteiger partial charge < -0.3 is 5.73 Å². The number of hydrogen-bond donors (Lipinski definition) is 2. The lowest BCUT2D eigenvalue weighted by Crippen LogP contribution is -1.88. The smallest absolute Gasteiger partial charge is 0.0992 e. The summed E-state index contributed by atoms with van der Waals surface area (Å²) in [6, 6.07) is 0. The highest BCUT2D eigenvalue weighted by Crippen LogP contribution is 1.96. The van der Waals surface area contributed by atoms with Crippen molar-refractivity contribution < 1.29 is 0 Å². The predicted molar refractivity (Wildman–Crippen MR) is 37.9 cm³/mol. The molecule has 4 heteroatoms. The minimum absolute atomic E-state index is 0.266. The van der Waals surface area contributed by atoms with E-state index in [0.29, 0.717) is 4.61 Å². The van der Waals surface area contributed by atoms with Gasteiger partial charge >= 0.3 is 0 Å². The van der Waals surface area contributed by atoms with E-state index in [9.17, 15) is 0 Å². The van der Waals surface area contributed by atoms with Crippen molar-refractivity contribution in [3.05, 3.63) is 10.7 Å².